The zero-order valence-electron chi connectivity index (χ0n) is 22.1. The highest BCUT2D eigenvalue weighted by molar-refractivity contribution is 7.89. The minimum atomic E-state index is -3.76. The first-order valence-electron chi connectivity index (χ1n) is 12.6. The van der Waals surface area contributed by atoms with Crippen LogP contribution in [-0.4, -0.2) is 58.1 Å². The van der Waals surface area contributed by atoms with Crippen molar-refractivity contribution in [3.63, 3.8) is 0 Å². The van der Waals surface area contributed by atoms with Gasteiger partial charge in [-0.2, -0.15) is 0 Å². The molecule has 1 saturated heterocycles. The molecule has 0 spiro atoms. The van der Waals surface area contributed by atoms with Gasteiger partial charge in [0.25, 0.3) is 15.9 Å². The standard InChI is InChI=1S/C29H35N3O5S/c1-5-22(28(33)32-19-17-31(18-20-32)25-10-6-7-11-27(25)36-4)9-8-16-30-38(34,35)24-12-13-26-23(21-24)14-15-29(2,3)37-26/h5-13,16,21,30H,1,14-15,17-20H2,2-4H3/b16-8+,22-9+. The molecule has 1 amide bonds. The van der Waals surface area contributed by atoms with Gasteiger partial charge in [0, 0.05) is 38.0 Å². The van der Waals surface area contributed by atoms with Gasteiger partial charge < -0.3 is 19.3 Å². The van der Waals surface area contributed by atoms with E-state index in [9.17, 15) is 13.2 Å². The molecule has 1 N–H and O–H groups in total. The minimum absolute atomic E-state index is 0.148. The second-order valence-corrected chi connectivity index (χ2v) is 11.6. The maximum atomic E-state index is 13.0. The van der Waals surface area contributed by atoms with Gasteiger partial charge in [-0.25, -0.2) is 8.42 Å². The molecule has 38 heavy (non-hydrogen) atoms. The number of amides is 1. The number of allylic oxidation sites excluding steroid dienone is 2. The largest absolute Gasteiger partial charge is 0.495 e. The Morgan fingerprint density at radius 1 is 1.13 bits per heavy atom. The van der Waals surface area contributed by atoms with Gasteiger partial charge in [0.15, 0.2) is 0 Å². The third-order valence-electron chi connectivity index (χ3n) is 6.78. The number of benzene rings is 2. The lowest BCUT2D eigenvalue weighted by Crippen LogP contribution is -2.49. The lowest BCUT2D eigenvalue weighted by Gasteiger charge is -2.36. The van der Waals surface area contributed by atoms with Crippen molar-refractivity contribution in [1.82, 2.24) is 9.62 Å². The number of nitrogens with one attached hydrogen (secondary N) is 1. The molecule has 2 aromatic rings. The van der Waals surface area contributed by atoms with E-state index < -0.39 is 10.0 Å². The van der Waals surface area contributed by atoms with Crippen molar-refractivity contribution < 1.29 is 22.7 Å². The van der Waals surface area contributed by atoms with E-state index in [0.717, 1.165) is 35.6 Å². The van der Waals surface area contributed by atoms with Crippen LogP contribution in [0.1, 0.15) is 25.8 Å². The second-order valence-electron chi connectivity index (χ2n) is 9.89. The number of nitrogens with zero attached hydrogens (tertiary/aromatic N) is 2. The van der Waals surface area contributed by atoms with Crippen molar-refractivity contribution in [3.8, 4) is 11.5 Å². The number of methoxy groups -OCH3 is 1. The molecule has 0 aromatic heterocycles. The third kappa shape index (κ3) is 6.22. The van der Waals surface area contributed by atoms with Gasteiger partial charge in [-0.3, -0.25) is 9.52 Å². The van der Waals surface area contributed by atoms with Gasteiger partial charge in [-0.15, -0.1) is 0 Å². The highest BCUT2D eigenvalue weighted by Gasteiger charge is 2.28. The van der Waals surface area contributed by atoms with E-state index in [4.69, 9.17) is 9.47 Å². The molecule has 8 nitrogen and oxygen atoms in total. The van der Waals surface area contributed by atoms with E-state index >= 15 is 0 Å². The Labute approximate surface area is 225 Å². The summed E-state index contributed by atoms with van der Waals surface area (Å²) in [5.41, 5.74) is 2.01. The van der Waals surface area contributed by atoms with Crippen LogP contribution < -0.4 is 19.1 Å². The lowest BCUT2D eigenvalue weighted by molar-refractivity contribution is -0.127. The SMILES string of the molecule is C=C/C(=C\C=C\NS(=O)(=O)c1ccc2c(c1)CCC(C)(C)O2)C(=O)N1CCN(c2ccccc2OC)CC1. The van der Waals surface area contributed by atoms with Crippen molar-refractivity contribution in [3.05, 3.63) is 84.6 Å². The van der Waals surface area contributed by atoms with Crippen LogP contribution in [0.25, 0.3) is 0 Å². The molecule has 2 aliphatic heterocycles. The van der Waals surface area contributed by atoms with Crippen LogP contribution >= 0.6 is 0 Å². The third-order valence-corrected chi connectivity index (χ3v) is 8.10. The topological polar surface area (TPSA) is 88.2 Å². The Bertz CT molecular complexity index is 1360. The predicted octanol–water partition coefficient (Wildman–Crippen LogP) is 4.05. The van der Waals surface area contributed by atoms with Gasteiger partial charge in [-0.05, 0) is 74.7 Å². The number of piperazine rings is 1. The summed E-state index contributed by atoms with van der Waals surface area (Å²) in [7, 11) is -2.12. The van der Waals surface area contributed by atoms with Crippen LogP contribution in [0, 0.1) is 0 Å². The maximum absolute atomic E-state index is 13.0. The Morgan fingerprint density at radius 3 is 2.58 bits per heavy atom. The number of rotatable bonds is 8. The monoisotopic (exact) mass is 537 g/mol. The van der Waals surface area contributed by atoms with Crippen molar-refractivity contribution >= 4 is 21.6 Å². The number of carbonyl (C=O) groups excluding carboxylic acids is 1. The average Bonchev–Trinajstić information content (AvgIpc) is 2.92. The molecule has 0 unspecified atom stereocenters. The van der Waals surface area contributed by atoms with Gasteiger partial charge in [-0.1, -0.05) is 24.8 Å². The Morgan fingerprint density at radius 2 is 1.87 bits per heavy atom. The van der Waals surface area contributed by atoms with E-state index in [1.54, 1.807) is 30.2 Å². The molecule has 0 radical (unpaired) electrons. The van der Waals surface area contributed by atoms with E-state index in [-0.39, 0.29) is 16.4 Å². The molecule has 9 heteroatoms. The number of hydrogen-bond donors (Lipinski definition) is 1. The fourth-order valence-corrected chi connectivity index (χ4v) is 5.54. The number of ether oxygens (including phenoxy) is 2. The van der Waals surface area contributed by atoms with Crippen LogP contribution in [0.15, 0.2) is 83.9 Å². The highest BCUT2D eigenvalue weighted by Crippen LogP contribution is 2.34. The van der Waals surface area contributed by atoms with Crippen LogP contribution in [0.2, 0.25) is 0 Å². The zero-order valence-corrected chi connectivity index (χ0v) is 23.0. The molecule has 1 fully saturated rings. The van der Waals surface area contributed by atoms with E-state index in [0.29, 0.717) is 31.8 Å². The maximum Gasteiger partial charge on any atom is 0.261 e. The summed E-state index contributed by atoms with van der Waals surface area (Å²) >= 11 is 0. The number of aryl methyl sites for hydroxylation is 1. The first-order valence-corrected chi connectivity index (χ1v) is 14.1. The van der Waals surface area contributed by atoms with Gasteiger partial charge in [0.2, 0.25) is 0 Å². The Hall–Kier alpha value is -3.72. The van der Waals surface area contributed by atoms with E-state index in [2.05, 4.69) is 16.2 Å². The van der Waals surface area contributed by atoms with Crippen molar-refractivity contribution in [2.24, 2.45) is 0 Å². The normalized spacial score (nSPS) is 17.5. The summed E-state index contributed by atoms with van der Waals surface area (Å²) in [6.45, 7) is 10.3. The number of sulfonamides is 1. The molecule has 2 heterocycles. The fraction of sp³-hybridized carbons (Fsp3) is 0.345. The van der Waals surface area contributed by atoms with Gasteiger partial charge in [0.1, 0.15) is 17.1 Å². The summed E-state index contributed by atoms with van der Waals surface area (Å²) in [5, 5.41) is 0. The van der Waals surface area contributed by atoms with Crippen LogP contribution in [-0.2, 0) is 21.2 Å². The Kier molecular flexibility index (Phi) is 8.16. The molecule has 4 rings (SSSR count). The lowest BCUT2D eigenvalue weighted by atomic mass is 9.94. The summed E-state index contributed by atoms with van der Waals surface area (Å²) in [6, 6.07) is 12.7. The minimum Gasteiger partial charge on any atom is -0.495 e. The number of fused-ring (bicyclic) bond motifs is 1. The van der Waals surface area contributed by atoms with Gasteiger partial charge >= 0.3 is 0 Å². The molecular weight excluding hydrogens is 502 g/mol. The van der Waals surface area contributed by atoms with Crippen LogP contribution in [0.3, 0.4) is 0 Å². The van der Waals surface area contributed by atoms with Crippen LogP contribution in [0.5, 0.6) is 11.5 Å². The first kappa shape index (κ1) is 27.3. The summed E-state index contributed by atoms with van der Waals surface area (Å²) in [5.74, 6) is 1.38. The zero-order chi connectivity index (χ0) is 27.3. The van der Waals surface area contributed by atoms with Crippen LogP contribution in [0.4, 0.5) is 5.69 Å². The number of anilines is 1. The first-order chi connectivity index (χ1) is 18.1. The van der Waals surface area contributed by atoms with E-state index in [1.807, 2.05) is 38.1 Å². The smallest absolute Gasteiger partial charge is 0.261 e. The predicted molar refractivity (Wildman–Crippen MR) is 149 cm³/mol. The van der Waals surface area contributed by atoms with Crippen molar-refractivity contribution in [2.45, 2.75) is 37.2 Å². The molecule has 0 bridgehead atoms. The summed E-state index contributed by atoms with van der Waals surface area (Å²) in [6.07, 6.45) is 7.43. The molecule has 202 valence electrons. The quantitative estimate of drug-likeness (QED) is 0.404. The number of hydrogen-bond acceptors (Lipinski definition) is 6. The number of para-hydroxylation sites is 2. The van der Waals surface area contributed by atoms with Gasteiger partial charge in [0.05, 0.1) is 17.7 Å². The van der Waals surface area contributed by atoms with Crippen molar-refractivity contribution in [2.75, 3.05) is 38.2 Å². The Balaban J connectivity index is 1.35. The van der Waals surface area contributed by atoms with Crippen molar-refractivity contribution in [1.29, 1.82) is 0 Å². The fourth-order valence-electron chi connectivity index (χ4n) is 4.60. The summed E-state index contributed by atoms with van der Waals surface area (Å²) < 4.78 is 39.5. The molecule has 2 aromatic carbocycles. The van der Waals surface area contributed by atoms with E-state index in [1.165, 1.54) is 24.4 Å². The summed E-state index contributed by atoms with van der Waals surface area (Å²) in [4.78, 5) is 17.2. The molecule has 2 aliphatic rings. The number of carbonyl (C=O) groups is 1. The molecular formula is C29H35N3O5S. The molecule has 0 saturated carbocycles. The average molecular weight is 538 g/mol. The highest BCUT2D eigenvalue weighted by atomic mass is 32.2. The molecule has 0 aliphatic carbocycles. The molecule has 0 atom stereocenters. The second kappa shape index (κ2) is 11.3.